The summed E-state index contributed by atoms with van der Waals surface area (Å²) in [7, 11) is 2.11. The number of piperidine rings is 1. The third kappa shape index (κ3) is 2.30. The molecule has 2 aliphatic heterocycles. The summed E-state index contributed by atoms with van der Waals surface area (Å²) in [5.41, 5.74) is 5.24. The van der Waals surface area contributed by atoms with Crippen molar-refractivity contribution in [1.29, 1.82) is 0 Å². The average molecular weight is 227 g/mol. The van der Waals surface area contributed by atoms with Crippen LogP contribution in [0, 0.1) is 0 Å². The second kappa shape index (κ2) is 4.59. The van der Waals surface area contributed by atoms with Gasteiger partial charge in [0, 0.05) is 32.5 Å². The minimum atomic E-state index is -0.210. The molecule has 1 spiro atoms. The lowest BCUT2D eigenvalue weighted by atomic mass is 9.91. The SMILES string of the molecule is CN1CCC2(CC1)CN(CCCN)C(=O)O2. The number of carbonyl (C=O) groups excluding carboxylic acids is 1. The number of hydrogen-bond donors (Lipinski definition) is 1. The van der Waals surface area contributed by atoms with E-state index in [1.807, 2.05) is 0 Å². The fourth-order valence-electron chi connectivity index (χ4n) is 2.43. The predicted molar refractivity (Wildman–Crippen MR) is 61.2 cm³/mol. The van der Waals surface area contributed by atoms with Crippen LogP contribution in [0.25, 0.3) is 0 Å². The normalized spacial score (nSPS) is 25.1. The zero-order valence-corrected chi connectivity index (χ0v) is 9.95. The van der Waals surface area contributed by atoms with Crippen LogP contribution < -0.4 is 5.73 Å². The standard InChI is InChI=1S/C11H21N3O2/c1-13-7-3-11(4-8-13)9-14(6-2-5-12)10(15)16-11/h2-9,12H2,1H3. The average Bonchev–Trinajstić information content (AvgIpc) is 2.58. The van der Waals surface area contributed by atoms with E-state index >= 15 is 0 Å². The summed E-state index contributed by atoms with van der Waals surface area (Å²) in [6.45, 7) is 4.13. The molecule has 0 unspecified atom stereocenters. The first-order chi connectivity index (χ1) is 7.65. The number of carbonyl (C=O) groups is 1. The Morgan fingerprint density at radius 2 is 2.12 bits per heavy atom. The lowest BCUT2D eigenvalue weighted by molar-refractivity contribution is 0.00658. The van der Waals surface area contributed by atoms with Gasteiger partial charge in [-0.1, -0.05) is 0 Å². The minimum Gasteiger partial charge on any atom is -0.441 e. The summed E-state index contributed by atoms with van der Waals surface area (Å²) in [5, 5.41) is 0. The van der Waals surface area contributed by atoms with Crippen LogP contribution in [0.4, 0.5) is 4.79 Å². The number of amides is 1. The highest BCUT2D eigenvalue weighted by Crippen LogP contribution is 2.32. The lowest BCUT2D eigenvalue weighted by Crippen LogP contribution is -2.45. The molecule has 0 aromatic carbocycles. The predicted octanol–water partition coefficient (Wildman–Crippen LogP) is 0.252. The first kappa shape index (κ1) is 11.7. The van der Waals surface area contributed by atoms with Crippen LogP contribution in [0.3, 0.4) is 0 Å². The number of rotatable bonds is 3. The van der Waals surface area contributed by atoms with Crippen molar-refractivity contribution in [3.05, 3.63) is 0 Å². The van der Waals surface area contributed by atoms with Gasteiger partial charge in [0.15, 0.2) is 0 Å². The number of hydrogen-bond acceptors (Lipinski definition) is 4. The maximum Gasteiger partial charge on any atom is 0.410 e. The molecule has 0 aromatic heterocycles. The summed E-state index contributed by atoms with van der Waals surface area (Å²) in [4.78, 5) is 15.8. The third-order valence-corrected chi connectivity index (χ3v) is 3.57. The Bertz CT molecular complexity index is 262. The van der Waals surface area contributed by atoms with Crippen LogP contribution >= 0.6 is 0 Å². The van der Waals surface area contributed by atoms with E-state index in [9.17, 15) is 4.79 Å². The summed E-state index contributed by atoms with van der Waals surface area (Å²) in [5.74, 6) is 0. The number of ether oxygens (including phenoxy) is 1. The van der Waals surface area contributed by atoms with E-state index in [0.29, 0.717) is 6.54 Å². The van der Waals surface area contributed by atoms with Crippen LogP contribution in [-0.2, 0) is 4.74 Å². The third-order valence-electron chi connectivity index (χ3n) is 3.57. The Balaban J connectivity index is 1.92. The maximum absolute atomic E-state index is 11.7. The zero-order chi connectivity index (χ0) is 11.6. The molecule has 2 aliphatic rings. The topological polar surface area (TPSA) is 58.8 Å². The Morgan fingerprint density at radius 1 is 1.44 bits per heavy atom. The van der Waals surface area contributed by atoms with Gasteiger partial charge in [-0.2, -0.15) is 0 Å². The summed E-state index contributed by atoms with van der Waals surface area (Å²) >= 11 is 0. The fraction of sp³-hybridized carbons (Fsp3) is 0.909. The van der Waals surface area contributed by atoms with E-state index in [1.54, 1.807) is 4.90 Å². The largest absolute Gasteiger partial charge is 0.441 e. The van der Waals surface area contributed by atoms with E-state index in [1.165, 1.54) is 0 Å². The van der Waals surface area contributed by atoms with Gasteiger partial charge >= 0.3 is 6.09 Å². The van der Waals surface area contributed by atoms with Gasteiger partial charge in [0.1, 0.15) is 5.60 Å². The van der Waals surface area contributed by atoms with Crippen LogP contribution in [0.2, 0.25) is 0 Å². The van der Waals surface area contributed by atoms with E-state index in [4.69, 9.17) is 10.5 Å². The monoisotopic (exact) mass is 227 g/mol. The van der Waals surface area contributed by atoms with E-state index < -0.39 is 0 Å². The van der Waals surface area contributed by atoms with Gasteiger partial charge in [-0.25, -0.2) is 4.79 Å². The number of nitrogens with two attached hydrogens (primary N) is 1. The van der Waals surface area contributed by atoms with Gasteiger partial charge in [-0.15, -0.1) is 0 Å². The highest BCUT2D eigenvalue weighted by Gasteiger charge is 2.46. The highest BCUT2D eigenvalue weighted by molar-refractivity contribution is 5.70. The van der Waals surface area contributed by atoms with Gasteiger partial charge in [-0.05, 0) is 20.0 Å². The summed E-state index contributed by atoms with van der Waals surface area (Å²) in [6, 6.07) is 0. The summed E-state index contributed by atoms with van der Waals surface area (Å²) in [6.07, 6.45) is 2.60. The van der Waals surface area contributed by atoms with Crippen molar-refractivity contribution < 1.29 is 9.53 Å². The van der Waals surface area contributed by atoms with Crippen LogP contribution in [0.1, 0.15) is 19.3 Å². The Hall–Kier alpha value is -0.810. The molecule has 0 radical (unpaired) electrons. The van der Waals surface area contributed by atoms with Gasteiger partial charge in [0.05, 0.1) is 6.54 Å². The van der Waals surface area contributed by atoms with Gasteiger partial charge in [0.2, 0.25) is 0 Å². The van der Waals surface area contributed by atoms with Crippen molar-refractivity contribution in [2.45, 2.75) is 24.9 Å². The van der Waals surface area contributed by atoms with Crippen molar-refractivity contribution in [2.75, 3.05) is 39.8 Å². The molecule has 0 atom stereocenters. The molecular weight excluding hydrogens is 206 g/mol. The van der Waals surface area contributed by atoms with Crippen molar-refractivity contribution in [1.82, 2.24) is 9.80 Å². The molecule has 2 heterocycles. The molecule has 2 saturated heterocycles. The molecule has 2 fully saturated rings. The zero-order valence-electron chi connectivity index (χ0n) is 9.95. The number of nitrogens with zero attached hydrogens (tertiary/aromatic N) is 2. The fourth-order valence-corrected chi connectivity index (χ4v) is 2.43. The van der Waals surface area contributed by atoms with E-state index in [0.717, 1.165) is 45.4 Å². The molecular formula is C11H21N3O2. The van der Waals surface area contributed by atoms with Crippen molar-refractivity contribution in [3.8, 4) is 0 Å². The molecule has 1 amide bonds. The second-order valence-corrected chi connectivity index (χ2v) is 4.92. The van der Waals surface area contributed by atoms with Gasteiger partial charge in [-0.3, -0.25) is 0 Å². The van der Waals surface area contributed by atoms with Crippen molar-refractivity contribution in [2.24, 2.45) is 5.73 Å². The van der Waals surface area contributed by atoms with E-state index in [2.05, 4.69) is 11.9 Å². The smallest absolute Gasteiger partial charge is 0.410 e. The van der Waals surface area contributed by atoms with Crippen LogP contribution in [0.5, 0.6) is 0 Å². The molecule has 2 rings (SSSR count). The quantitative estimate of drug-likeness (QED) is 0.751. The molecule has 2 N–H and O–H groups in total. The Kier molecular flexibility index (Phi) is 3.35. The highest BCUT2D eigenvalue weighted by atomic mass is 16.6. The maximum atomic E-state index is 11.7. The molecule has 0 aromatic rings. The molecule has 0 aliphatic carbocycles. The first-order valence-electron chi connectivity index (χ1n) is 6.02. The molecule has 5 heteroatoms. The second-order valence-electron chi connectivity index (χ2n) is 4.92. The molecule has 92 valence electrons. The lowest BCUT2D eigenvalue weighted by Gasteiger charge is -2.35. The first-order valence-corrected chi connectivity index (χ1v) is 6.02. The van der Waals surface area contributed by atoms with E-state index in [-0.39, 0.29) is 11.7 Å². The number of likely N-dealkylation sites (tertiary alicyclic amines) is 1. The molecule has 0 bridgehead atoms. The summed E-state index contributed by atoms with van der Waals surface area (Å²) < 4.78 is 5.57. The van der Waals surface area contributed by atoms with Crippen LogP contribution in [0.15, 0.2) is 0 Å². The van der Waals surface area contributed by atoms with Crippen molar-refractivity contribution in [3.63, 3.8) is 0 Å². The Labute approximate surface area is 96.5 Å². The Morgan fingerprint density at radius 3 is 2.75 bits per heavy atom. The minimum absolute atomic E-state index is 0.155. The van der Waals surface area contributed by atoms with Crippen molar-refractivity contribution >= 4 is 6.09 Å². The molecule has 0 saturated carbocycles. The van der Waals surface area contributed by atoms with Gasteiger partial charge < -0.3 is 20.3 Å². The van der Waals surface area contributed by atoms with Crippen LogP contribution in [-0.4, -0.2) is 61.3 Å². The molecule has 16 heavy (non-hydrogen) atoms. The molecule has 5 nitrogen and oxygen atoms in total. The van der Waals surface area contributed by atoms with Gasteiger partial charge in [0.25, 0.3) is 0 Å².